The number of carbonyl (C=O) groups is 1. The van der Waals surface area contributed by atoms with Crippen molar-refractivity contribution in [2.45, 2.75) is 13.1 Å². The molecule has 0 saturated carbocycles. The first-order valence-corrected chi connectivity index (χ1v) is 9.29. The number of ether oxygens (including phenoxy) is 1. The van der Waals surface area contributed by atoms with Crippen LogP contribution in [0.5, 0.6) is 5.75 Å². The molecule has 2 amide bonds. The van der Waals surface area contributed by atoms with E-state index in [1.807, 2.05) is 42.6 Å². The smallest absolute Gasteiger partial charge is 0.322 e. The second kappa shape index (κ2) is 9.59. The predicted octanol–water partition coefficient (Wildman–Crippen LogP) is 4.90. The van der Waals surface area contributed by atoms with E-state index >= 15 is 0 Å². The summed E-state index contributed by atoms with van der Waals surface area (Å²) in [6.07, 6.45) is 3.62. The van der Waals surface area contributed by atoms with Gasteiger partial charge >= 0.3 is 6.03 Å². The molecule has 0 aliphatic rings. The SMILES string of the molecule is C=CCN(Cc1cccn1Cc1cccc(OC)c1)C(=O)Nc1ccccc1F. The molecule has 1 heterocycles. The fourth-order valence-corrected chi connectivity index (χ4v) is 3.04. The summed E-state index contributed by atoms with van der Waals surface area (Å²) in [5.41, 5.74) is 2.20. The van der Waals surface area contributed by atoms with Gasteiger partial charge in [0.05, 0.1) is 19.3 Å². The second-order valence-corrected chi connectivity index (χ2v) is 6.56. The highest BCUT2D eigenvalue weighted by Crippen LogP contribution is 2.17. The molecule has 0 spiro atoms. The minimum absolute atomic E-state index is 0.151. The molecule has 150 valence electrons. The molecule has 0 atom stereocenters. The minimum Gasteiger partial charge on any atom is -0.497 e. The summed E-state index contributed by atoms with van der Waals surface area (Å²) >= 11 is 0. The lowest BCUT2D eigenvalue weighted by molar-refractivity contribution is 0.213. The van der Waals surface area contributed by atoms with Gasteiger partial charge in [-0.3, -0.25) is 0 Å². The van der Waals surface area contributed by atoms with Crippen molar-refractivity contribution in [1.29, 1.82) is 0 Å². The van der Waals surface area contributed by atoms with Crippen molar-refractivity contribution >= 4 is 11.7 Å². The van der Waals surface area contributed by atoms with Gasteiger partial charge in [-0.1, -0.05) is 30.3 Å². The normalized spacial score (nSPS) is 10.4. The molecule has 0 saturated heterocycles. The zero-order valence-corrected chi connectivity index (χ0v) is 16.3. The number of urea groups is 1. The van der Waals surface area contributed by atoms with E-state index < -0.39 is 5.82 Å². The zero-order valence-electron chi connectivity index (χ0n) is 16.3. The summed E-state index contributed by atoms with van der Waals surface area (Å²) in [5.74, 6) is 0.328. The number of aromatic nitrogens is 1. The maximum Gasteiger partial charge on any atom is 0.322 e. The van der Waals surface area contributed by atoms with Crippen LogP contribution >= 0.6 is 0 Å². The van der Waals surface area contributed by atoms with E-state index in [9.17, 15) is 9.18 Å². The third-order valence-corrected chi connectivity index (χ3v) is 4.52. The second-order valence-electron chi connectivity index (χ2n) is 6.56. The first kappa shape index (κ1) is 20.2. The number of benzene rings is 2. The topological polar surface area (TPSA) is 46.5 Å². The molecule has 5 nitrogen and oxygen atoms in total. The van der Waals surface area contributed by atoms with Gasteiger partial charge in [0.1, 0.15) is 11.6 Å². The van der Waals surface area contributed by atoms with Gasteiger partial charge in [-0.15, -0.1) is 6.58 Å². The Kier molecular flexibility index (Phi) is 6.68. The number of amides is 2. The van der Waals surface area contributed by atoms with Crippen LogP contribution in [0.1, 0.15) is 11.3 Å². The number of carbonyl (C=O) groups excluding carboxylic acids is 1. The molecule has 3 aromatic rings. The molecule has 1 N–H and O–H groups in total. The monoisotopic (exact) mass is 393 g/mol. The van der Waals surface area contributed by atoms with Crippen molar-refractivity contribution < 1.29 is 13.9 Å². The van der Waals surface area contributed by atoms with Crippen molar-refractivity contribution in [3.8, 4) is 5.75 Å². The quantitative estimate of drug-likeness (QED) is 0.553. The number of methoxy groups -OCH3 is 1. The molecule has 2 aromatic carbocycles. The predicted molar refractivity (Wildman–Crippen MR) is 113 cm³/mol. The lowest BCUT2D eigenvalue weighted by Crippen LogP contribution is -2.35. The Morgan fingerprint density at radius 1 is 1.21 bits per heavy atom. The van der Waals surface area contributed by atoms with Gasteiger partial charge < -0.3 is 19.5 Å². The lowest BCUT2D eigenvalue weighted by atomic mass is 10.2. The standard InChI is InChI=1S/C23H24FN3O2/c1-3-13-27(23(28)25-22-12-5-4-11-21(22)24)17-19-9-7-14-26(19)16-18-8-6-10-20(15-18)29-2/h3-12,14-15H,1,13,16-17H2,2H3,(H,25,28). The van der Waals surface area contributed by atoms with Crippen LogP contribution in [-0.4, -0.2) is 29.2 Å². The van der Waals surface area contributed by atoms with Crippen LogP contribution in [-0.2, 0) is 13.1 Å². The molecule has 6 heteroatoms. The summed E-state index contributed by atoms with van der Waals surface area (Å²) in [5, 5.41) is 2.63. The van der Waals surface area contributed by atoms with Crippen LogP contribution in [0, 0.1) is 5.82 Å². The number of nitrogens with one attached hydrogen (secondary N) is 1. The van der Waals surface area contributed by atoms with Crippen LogP contribution < -0.4 is 10.1 Å². The van der Waals surface area contributed by atoms with Crippen LogP contribution in [0.2, 0.25) is 0 Å². The van der Waals surface area contributed by atoms with Crippen molar-refractivity contribution in [3.05, 3.63) is 96.6 Å². The van der Waals surface area contributed by atoms with Crippen molar-refractivity contribution in [2.24, 2.45) is 0 Å². The van der Waals surface area contributed by atoms with Gasteiger partial charge in [-0.05, 0) is 42.0 Å². The summed E-state index contributed by atoms with van der Waals surface area (Å²) in [7, 11) is 1.64. The highest BCUT2D eigenvalue weighted by molar-refractivity contribution is 5.89. The summed E-state index contributed by atoms with van der Waals surface area (Å²) in [4.78, 5) is 14.3. The van der Waals surface area contributed by atoms with E-state index in [0.717, 1.165) is 17.0 Å². The third-order valence-electron chi connectivity index (χ3n) is 4.52. The van der Waals surface area contributed by atoms with E-state index in [0.29, 0.717) is 19.6 Å². The molecule has 0 aliphatic heterocycles. The van der Waals surface area contributed by atoms with E-state index in [1.54, 1.807) is 30.2 Å². The Balaban J connectivity index is 1.74. The molecule has 3 rings (SSSR count). The molecule has 0 bridgehead atoms. The molecule has 0 unspecified atom stereocenters. The van der Waals surface area contributed by atoms with Crippen LogP contribution in [0.4, 0.5) is 14.9 Å². The van der Waals surface area contributed by atoms with Crippen LogP contribution in [0.3, 0.4) is 0 Å². The van der Waals surface area contributed by atoms with Gasteiger partial charge in [0, 0.05) is 25.0 Å². The van der Waals surface area contributed by atoms with Crippen LogP contribution in [0.15, 0.2) is 79.5 Å². The summed E-state index contributed by atoms with van der Waals surface area (Å²) in [6, 6.07) is 17.5. The van der Waals surface area contributed by atoms with E-state index in [-0.39, 0.29) is 11.7 Å². The number of nitrogens with zero attached hydrogens (tertiary/aromatic N) is 2. The summed E-state index contributed by atoms with van der Waals surface area (Å²) in [6.45, 7) is 5.08. The number of hydrogen-bond donors (Lipinski definition) is 1. The van der Waals surface area contributed by atoms with Crippen molar-refractivity contribution in [2.75, 3.05) is 19.0 Å². The molecular weight excluding hydrogens is 369 g/mol. The Hall–Kier alpha value is -3.54. The number of halogens is 1. The third kappa shape index (κ3) is 5.25. The zero-order chi connectivity index (χ0) is 20.6. The maximum atomic E-state index is 13.9. The molecule has 0 radical (unpaired) electrons. The lowest BCUT2D eigenvalue weighted by Gasteiger charge is -2.23. The largest absolute Gasteiger partial charge is 0.497 e. The molecular formula is C23H24FN3O2. The minimum atomic E-state index is -0.471. The van der Waals surface area contributed by atoms with Crippen LogP contribution in [0.25, 0.3) is 0 Å². The van der Waals surface area contributed by atoms with E-state index in [4.69, 9.17) is 4.74 Å². The fraction of sp³-hybridized carbons (Fsp3) is 0.174. The van der Waals surface area contributed by atoms with Crippen molar-refractivity contribution in [1.82, 2.24) is 9.47 Å². The Bertz CT molecular complexity index is 984. The van der Waals surface area contributed by atoms with Gasteiger partial charge in [0.25, 0.3) is 0 Å². The first-order valence-electron chi connectivity index (χ1n) is 9.29. The maximum absolute atomic E-state index is 13.9. The summed E-state index contributed by atoms with van der Waals surface area (Å²) < 4.78 is 21.2. The molecule has 29 heavy (non-hydrogen) atoms. The molecule has 0 aliphatic carbocycles. The van der Waals surface area contributed by atoms with Gasteiger partial charge in [0.2, 0.25) is 0 Å². The van der Waals surface area contributed by atoms with E-state index in [1.165, 1.54) is 12.1 Å². The number of hydrogen-bond acceptors (Lipinski definition) is 2. The number of anilines is 1. The highest BCUT2D eigenvalue weighted by Gasteiger charge is 2.16. The Morgan fingerprint density at radius 2 is 2.03 bits per heavy atom. The Morgan fingerprint density at radius 3 is 2.79 bits per heavy atom. The molecule has 1 aromatic heterocycles. The van der Waals surface area contributed by atoms with E-state index in [2.05, 4.69) is 16.5 Å². The fourth-order valence-electron chi connectivity index (χ4n) is 3.04. The first-order chi connectivity index (χ1) is 14.1. The van der Waals surface area contributed by atoms with Crippen molar-refractivity contribution in [3.63, 3.8) is 0 Å². The van der Waals surface area contributed by atoms with Gasteiger partial charge in [0.15, 0.2) is 0 Å². The van der Waals surface area contributed by atoms with Gasteiger partial charge in [-0.2, -0.15) is 0 Å². The highest BCUT2D eigenvalue weighted by atomic mass is 19.1. The molecule has 0 fully saturated rings. The Labute approximate surface area is 170 Å². The number of rotatable bonds is 8. The number of para-hydroxylation sites is 1. The van der Waals surface area contributed by atoms with Gasteiger partial charge in [-0.25, -0.2) is 9.18 Å². The average Bonchev–Trinajstić information content (AvgIpc) is 3.16. The average molecular weight is 393 g/mol.